The van der Waals surface area contributed by atoms with Crippen LogP contribution in [0.5, 0.6) is 11.6 Å². The highest BCUT2D eigenvalue weighted by Gasteiger charge is 2.27. The first-order valence-corrected chi connectivity index (χ1v) is 8.64. The van der Waals surface area contributed by atoms with Crippen molar-refractivity contribution in [1.82, 2.24) is 9.88 Å². The number of hydrogen-bond acceptors (Lipinski definition) is 4. The van der Waals surface area contributed by atoms with Crippen LogP contribution in [-0.4, -0.2) is 42.6 Å². The molecule has 0 spiro atoms. The van der Waals surface area contributed by atoms with Crippen molar-refractivity contribution >= 4 is 5.91 Å². The molecule has 1 atom stereocenters. The van der Waals surface area contributed by atoms with Crippen LogP contribution in [0.3, 0.4) is 0 Å². The Hall–Kier alpha value is -2.56. The molecule has 1 amide bonds. The molecule has 5 nitrogen and oxygen atoms in total. The summed E-state index contributed by atoms with van der Waals surface area (Å²) in [6.07, 6.45) is 3.56. The summed E-state index contributed by atoms with van der Waals surface area (Å²) in [4.78, 5) is 18.5. The molecule has 1 aromatic heterocycles. The fourth-order valence-corrected chi connectivity index (χ4v) is 3.04. The molecular weight excluding hydrogens is 316 g/mol. The zero-order valence-corrected chi connectivity index (χ0v) is 14.8. The largest absolute Gasteiger partial charge is 0.494 e. The summed E-state index contributed by atoms with van der Waals surface area (Å²) in [6.45, 7) is 4.31. The lowest BCUT2D eigenvalue weighted by atomic mass is 10.1. The Kier molecular flexibility index (Phi) is 5.53. The number of benzene rings is 1. The molecule has 1 aromatic carbocycles. The minimum atomic E-state index is 0.0390. The topological polar surface area (TPSA) is 51.7 Å². The molecule has 1 aliphatic heterocycles. The normalized spacial score (nSPS) is 16.7. The zero-order valence-electron chi connectivity index (χ0n) is 14.8. The van der Waals surface area contributed by atoms with E-state index in [4.69, 9.17) is 9.47 Å². The molecule has 3 rings (SSSR count). The molecular formula is C20H24N2O3. The van der Waals surface area contributed by atoms with Gasteiger partial charge in [-0.3, -0.25) is 4.79 Å². The van der Waals surface area contributed by atoms with E-state index in [2.05, 4.69) is 11.9 Å². The smallest absolute Gasteiger partial charge is 0.255 e. The van der Waals surface area contributed by atoms with Crippen molar-refractivity contribution in [2.75, 3.05) is 26.8 Å². The van der Waals surface area contributed by atoms with Crippen LogP contribution >= 0.6 is 0 Å². The van der Waals surface area contributed by atoms with Gasteiger partial charge in [-0.05, 0) is 43.9 Å². The fraction of sp³-hybridized carbons (Fsp3) is 0.400. The monoisotopic (exact) mass is 340 g/mol. The molecule has 0 aliphatic carbocycles. The average Bonchev–Trinajstić information content (AvgIpc) is 3.12. The van der Waals surface area contributed by atoms with E-state index >= 15 is 0 Å². The molecule has 25 heavy (non-hydrogen) atoms. The summed E-state index contributed by atoms with van der Waals surface area (Å²) < 4.78 is 10.8. The van der Waals surface area contributed by atoms with Crippen LogP contribution in [0.2, 0.25) is 0 Å². The van der Waals surface area contributed by atoms with Crippen LogP contribution < -0.4 is 9.47 Å². The van der Waals surface area contributed by atoms with E-state index in [0.29, 0.717) is 24.0 Å². The van der Waals surface area contributed by atoms with E-state index in [9.17, 15) is 4.79 Å². The maximum Gasteiger partial charge on any atom is 0.255 e. The Bertz CT molecular complexity index is 698. The molecule has 1 fully saturated rings. The van der Waals surface area contributed by atoms with Gasteiger partial charge < -0.3 is 14.4 Å². The molecule has 5 heteroatoms. The second-order valence-electron chi connectivity index (χ2n) is 6.45. The zero-order chi connectivity index (χ0) is 17.6. The third kappa shape index (κ3) is 4.50. The lowest BCUT2D eigenvalue weighted by Crippen LogP contribution is -2.29. The van der Waals surface area contributed by atoms with E-state index in [0.717, 1.165) is 31.7 Å². The number of carbonyl (C=O) groups excluding carboxylic acids is 1. The van der Waals surface area contributed by atoms with Crippen LogP contribution in [0.25, 0.3) is 0 Å². The Morgan fingerprint density at radius 3 is 2.72 bits per heavy atom. The van der Waals surface area contributed by atoms with Gasteiger partial charge in [0, 0.05) is 25.4 Å². The molecule has 132 valence electrons. The molecule has 1 aliphatic rings. The van der Waals surface area contributed by atoms with Crippen LogP contribution in [-0.2, 0) is 0 Å². The standard InChI is InChI=1S/C20H24N2O3/c1-15-3-6-18(7-4-15)25-12-10-16-9-11-22(14-16)20(23)17-5-8-19(24-2)21-13-17/h3-8,13,16H,9-12,14H2,1-2H3. The van der Waals surface area contributed by atoms with Crippen molar-refractivity contribution in [3.8, 4) is 11.6 Å². The Morgan fingerprint density at radius 2 is 2.04 bits per heavy atom. The van der Waals surface area contributed by atoms with E-state index in [1.165, 1.54) is 5.56 Å². The SMILES string of the molecule is COc1ccc(C(=O)N2CCC(CCOc3ccc(C)cc3)C2)cn1. The van der Waals surface area contributed by atoms with Gasteiger partial charge in [-0.2, -0.15) is 0 Å². The molecule has 0 saturated carbocycles. The first-order chi connectivity index (χ1) is 12.2. The van der Waals surface area contributed by atoms with Crippen molar-refractivity contribution in [2.24, 2.45) is 5.92 Å². The predicted octanol–water partition coefficient (Wildman–Crippen LogP) is 3.33. The quantitative estimate of drug-likeness (QED) is 0.809. The Balaban J connectivity index is 1.46. The summed E-state index contributed by atoms with van der Waals surface area (Å²) in [7, 11) is 1.56. The third-order valence-electron chi connectivity index (χ3n) is 4.58. The number of amides is 1. The number of likely N-dealkylation sites (tertiary alicyclic amines) is 1. The number of ether oxygens (including phenoxy) is 2. The van der Waals surface area contributed by atoms with Gasteiger partial charge in [0.1, 0.15) is 5.75 Å². The van der Waals surface area contributed by atoms with Gasteiger partial charge in [-0.15, -0.1) is 0 Å². The van der Waals surface area contributed by atoms with Gasteiger partial charge in [0.05, 0.1) is 19.3 Å². The number of pyridine rings is 1. The van der Waals surface area contributed by atoms with Gasteiger partial charge in [0.25, 0.3) is 5.91 Å². The summed E-state index contributed by atoms with van der Waals surface area (Å²) in [5, 5.41) is 0. The van der Waals surface area contributed by atoms with E-state index in [-0.39, 0.29) is 5.91 Å². The third-order valence-corrected chi connectivity index (χ3v) is 4.58. The number of carbonyl (C=O) groups is 1. The summed E-state index contributed by atoms with van der Waals surface area (Å²) >= 11 is 0. The molecule has 1 unspecified atom stereocenters. The molecule has 2 aromatic rings. The summed E-state index contributed by atoms with van der Waals surface area (Å²) in [6, 6.07) is 11.6. The summed E-state index contributed by atoms with van der Waals surface area (Å²) in [5.74, 6) is 1.95. The van der Waals surface area contributed by atoms with Gasteiger partial charge in [0.15, 0.2) is 0 Å². The van der Waals surface area contributed by atoms with Crippen LogP contribution in [0, 0.1) is 12.8 Å². The van der Waals surface area contributed by atoms with Crippen LogP contribution in [0.4, 0.5) is 0 Å². The second-order valence-corrected chi connectivity index (χ2v) is 6.45. The molecule has 0 N–H and O–H groups in total. The highest BCUT2D eigenvalue weighted by atomic mass is 16.5. The fourth-order valence-electron chi connectivity index (χ4n) is 3.04. The van der Waals surface area contributed by atoms with E-state index in [1.807, 2.05) is 29.2 Å². The number of aryl methyl sites for hydroxylation is 1. The predicted molar refractivity (Wildman–Crippen MR) is 96.1 cm³/mol. The number of rotatable bonds is 6. The van der Waals surface area contributed by atoms with Crippen molar-refractivity contribution in [2.45, 2.75) is 19.8 Å². The Morgan fingerprint density at radius 1 is 1.24 bits per heavy atom. The van der Waals surface area contributed by atoms with Crippen molar-refractivity contribution in [3.63, 3.8) is 0 Å². The van der Waals surface area contributed by atoms with Gasteiger partial charge in [-0.1, -0.05) is 17.7 Å². The van der Waals surface area contributed by atoms with Gasteiger partial charge in [-0.25, -0.2) is 4.98 Å². The van der Waals surface area contributed by atoms with Crippen molar-refractivity contribution in [1.29, 1.82) is 0 Å². The number of nitrogens with zero attached hydrogens (tertiary/aromatic N) is 2. The number of aromatic nitrogens is 1. The molecule has 0 bridgehead atoms. The molecule has 1 saturated heterocycles. The second kappa shape index (κ2) is 8.01. The lowest BCUT2D eigenvalue weighted by molar-refractivity contribution is 0.0784. The van der Waals surface area contributed by atoms with E-state index < -0.39 is 0 Å². The van der Waals surface area contributed by atoms with E-state index in [1.54, 1.807) is 25.4 Å². The van der Waals surface area contributed by atoms with Gasteiger partial charge in [0.2, 0.25) is 5.88 Å². The van der Waals surface area contributed by atoms with Gasteiger partial charge >= 0.3 is 0 Å². The number of hydrogen-bond donors (Lipinski definition) is 0. The average molecular weight is 340 g/mol. The Labute approximate surface area is 148 Å². The molecule has 2 heterocycles. The minimum Gasteiger partial charge on any atom is -0.494 e. The summed E-state index contributed by atoms with van der Waals surface area (Å²) in [5.41, 5.74) is 1.84. The van der Waals surface area contributed by atoms with Crippen LogP contribution in [0.1, 0.15) is 28.8 Å². The first-order valence-electron chi connectivity index (χ1n) is 8.64. The maximum absolute atomic E-state index is 12.5. The maximum atomic E-state index is 12.5. The number of methoxy groups -OCH3 is 1. The minimum absolute atomic E-state index is 0.0390. The van der Waals surface area contributed by atoms with Crippen LogP contribution in [0.15, 0.2) is 42.6 Å². The highest BCUT2D eigenvalue weighted by molar-refractivity contribution is 5.94. The first kappa shape index (κ1) is 17.3. The lowest BCUT2D eigenvalue weighted by Gasteiger charge is -2.16. The van der Waals surface area contributed by atoms with Crippen molar-refractivity contribution in [3.05, 3.63) is 53.7 Å². The van der Waals surface area contributed by atoms with Crippen molar-refractivity contribution < 1.29 is 14.3 Å². The highest BCUT2D eigenvalue weighted by Crippen LogP contribution is 2.22. The molecule has 0 radical (unpaired) electrons.